The third-order valence-corrected chi connectivity index (χ3v) is 3.83. The van der Waals surface area contributed by atoms with Crippen molar-refractivity contribution in [1.29, 1.82) is 0 Å². The average molecular weight is 318 g/mol. The van der Waals surface area contributed by atoms with Gasteiger partial charge in [0.15, 0.2) is 5.65 Å². The van der Waals surface area contributed by atoms with Gasteiger partial charge in [-0.1, -0.05) is 30.3 Å². The highest BCUT2D eigenvalue weighted by molar-refractivity contribution is 5.89. The van der Waals surface area contributed by atoms with Crippen LogP contribution in [0.25, 0.3) is 22.4 Å². The number of benzene rings is 2. The summed E-state index contributed by atoms with van der Waals surface area (Å²) in [5.74, 6) is -0.0521. The first-order chi connectivity index (χ1) is 11.7. The fraction of sp³-hybridized carbons (Fsp3) is 0.0556. The van der Waals surface area contributed by atoms with E-state index in [0.29, 0.717) is 29.0 Å². The third kappa shape index (κ3) is 2.44. The Balaban J connectivity index is 1.82. The normalized spacial score (nSPS) is 11.0. The molecule has 2 aromatic carbocycles. The number of aromatic hydroxyl groups is 2. The molecule has 24 heavy (non-hydrogen) atoms. The molecule has 0 amide bonds. The molecule has 0 unspecified atom stereocenters. The van der Waals surface area contributed by atoms with Crippen LogP contribution in [0.3, 0.4) is 0 Å². The molecule has 2 N–H and O–H groups in total. The minimum atomic E-state index is -0.0485. The molecular formula is C18H14N4O2. The summed E-state index contributed by atoms with van der Waals surface area (Å²) in [6.45, 7) is 0.648. The van der Waals surface area contributed by atoms with Crippen LogP contribution in [0.5, 0.6) is 11.5 Å². The number of nitrogens with zero attached hydrogens (tertiary/aromatic N) is 4. The fourth-order valence-electron chi connectivity index (χ4n) is 2.69. The van der Waals surface area contributed by atoms with Crippen LogP contribution < -0.4 is 0 Å². The first kappa shape index (κ1) is 14.2. The lowest BCUT2D eigenvalue weighted by Crippen LogP contribution is -1.99. The molecule has 0 atom stereocenters. The number of hydrogen-bond acceptors (Lipinski definition) is 5. The number of imidazole rings is 1. The maximum atomic E-state index is 10.1. The molecular weight excluding hydrogens is 304 g/mol. The van der Waals surface area contributed by atoms with E-state index in [1.807, 2.05) is 34.9 Å². The predicted octanol–water partition coefficient (Wildman–Crippen LogP) is 2.95. The number of aromatic nitrogens is 4. The van der Waals surface area contributed by atoms with Gasteiger partial charge in [-0.15, -0.1) is 0 Å². The van der Waals surface area contributed by atoms with Crippen LogP contribution >= 0.6 is 0 Å². The molecule has 0 aliphatic heterocycles. The van der Waals surface area contributed by atoms with Crippen LogP contribution in [-0.4, -0.2) is 29.7 Å². The van der Waals surface area contributed by atoms with Crippen LogP contribution in [0, 0.1) is 0 Å². The van der Waals surface area contributed by atoms with Crippen LogP contribution in [0.1, 0.15) is 5.56 Å². The predicted molar refractivity (Wildman–Crippen MR) is 89.6 cm³/mol. The SMILES string of the molecule is Oc1ccc(-c2ncnc3c2ncn3Cc2ccccc2)c(O)c1. The molecule has 0 aliphatic carbocycles. The van der Waals surface area contributed by atoms with Crippen LogP contribution in [0.15, 0.2) is 61.2 Å². The lowest BCUT2D eigenvalue weighted by atomic mass is 10.1. The Labute approximate surface area is 137 Å². The minimum Gasteiger partial charge on any atom is -0.508 e. The summed E-state index contributed by atoms with van der Waals surface area (Å²) >= 11 is 0. The largest absolute Gasteiger partial charge is 0.508 e. The van der Waals surface area contributed by atoms with E-state index in [9.17, 15) is 10.2 Å². The summed E-state index contributed by atoms with van der Waals surface area (Å²) < 4.78 is 1.94. The summed E-state index contributed by atoms with van der Waals surface area (Å²) in [7, 11) is 0. The zero-order chi connectivity index (χ0) is 16.5. The highest BCUT2D eigenvalue weighted by Gasteiger charge is 2.15. The standard InChI is InChI=1S/C18H14N4O2/c23-13-6-7-14(15(24)8-13)16-17-18(20-10-19-16)22(11-21-17)9-12-4-2-1-3-5-12/h1-8,10-11,23-24H,9H2. The van der Waals surface area contributed by atoms with E-state index in [2.05, 4.69) is 15.0 Å². The van der Waals surface area contributed by atoms with E-state index in [4.69, 9.17) is 0 Å². The zero-order valence-electron chi connectivity index (χ0n) is 12.7. The summed E-state index contributed by atoms with van der Waals surface area (Å²) in [6.07, 6.45) is 3.17. The smallest absolute Gasteiger partial charge is 0.164 e. The molecule has 0 aliphatic rings. The van der Waals surface area contributed by atoms with Gasteiger partial charge in [-0.3, -0.25) is 0 Å². The molecule has 118 valence electrons. The summed E-state index contributed by atoms with van der Waals surface area (Å²) in [5.41, 5.74) is 3.48. The topological polar surface area (TPSA) is 84.1 Å². The molecule has 0 fully saturated rings. The van der Waals surface area contributed by atoms with Crippen LogP contribution in [0.4, 0.5) is 0 Å². The molecule has 4 rings (SSSR count). The van der Waals surface area contributed by atoms with Gasteiger partial charge in [-0.25, -0.2) is 15.0 Å². The molecule has 4 aromatic rings. The van der Waals surface area contributed by atoms with E-state index in [0.717, 1.165) is 5.56 Å². The van der Waals surface area contributed by atoms with Crippen LogP contribution in [0.2, 0.25) is 0 Å². The van der Waals surface area contributed by atoms with Gasteiger partial charge in [0.25, 0.3) is 0 Å². The maximum Gasteiger partial charge on any atom is 0.164 e. The van der Waals surface area contributed by atoms with Gasteiger partial charge in [0, 0.05) is 11.6 Å². The van der Waals surface area contributed by atoms with Gasteiger partial charge in [0.1, 0.15) is 29.0 Å². The first-order valence-electron chi connectivity index (χ1n) is 7.44. The maximum absolute atomic E-state index is 10.1. The molecule has 0 saturated carbocycles. The second kappa shape index (κ2) is 5.66. The Bertz CT molecular complexity index is 1010. The van der Waals surface area contributed by atoms with Gasteiger partial charge in [-0.05, 0) is 17.7 Å². The second-order valence-electron chi connectivity index (χ2n) is 5.45. The Morgan fingerprint density at radius 1 is 0.917 bits per heavy atom. The quantitative estimate of drug-likeness (QED) is 0.607. The number of fused-ring (bicyclic) bond motifs is 1. The van der Waals surface area contributed by atoms with Crippen LogP contribution in [-0.2, 0) is 6.54 Å². The summed E-state index contributed by atoms with van der Waals surface area (Å²) in [4.78, 5) is 13.0. The lowest BCUT2D eigenvalue weighted by molar-refractivity contribution is 0.452. The van der Waals surface area contributed by atoms with E-state index >= 15 is 0 Å². The molecule has 0 spiro atoms. The van der Waals surface area contributed by atoms with E-state index in [-0.39, 0.29) is 11.5 Å². The number of hydrogen-bond donors (Lipinski definition) is 2. The van der Waals surface area contributed by atoms with Crippen molar-refractivity contribution in [3.05, 3.63) is 66.7 Å². The van der Waals surface area contributed by atoms with Gasteiger partial charge in [-0.2, -0.15) is 0 Å². The van der Waals surface area contributed by atoms with Crippen molar-refractivity contribution in [1.82, 2.24) is 19.5 Å². The lowest BCUT2D eigenvalue weighted by Gasteiger charge is -2.06. The fourth-order valence-corrected chi connectivity index (χ4v) is 2.69. The van der Waals surface area contributed by atoms with Crippen molar-refractivity contribution in [3.8, 4) is 22.8 Å². The number of phenols is 2. The Morgan fingerprint density at radius 3 is 2.54 bits per heavy atom. The van der Waals surface area contributed by atoms with Gasteiger partial charge < -0.3 is 14.8 Å². The summed E-state index contributed by atoms with van der Waals surface area (Å²) in [5, 5.41) is 19.5. The number of phenolic OH excluding ortho intramolecular Hbond substituents is 2. The molecule has 2 heterocycles. The van der Waals surface area contributed by atoms with Crippen molar-refractivity contribution in [3.63, 3.8) is 0 Å². The van der Waals surface area contributed by atoms with Gasteiger partial charge in [0.2, 0.25) is 0 Å². The van der Waals surface area contributed by atoms with Crippen molar-refractivity contribution >= 4 is 11.2 Å². The third-order valence-electron chi connectivity index (χ3n) is 3.83. The Morgan fingerprint density at radius 2 is 1.75 bits per heavy atom. The molecule has 0 bridgehead atoms. The van der Waals surface area contributed by atoms with Crippen molar-refractivity contribution < 1.29 is 10.2 Å². The first-order valence-corrected chi connectivity index (χ1v) is 7.44. The van der Waals surface area contributed by atoms with Crippen molar-refractivity contribution in [2.24, 2.45) is 0 Å². The Kier molecular flexibility index (Phi) is 3.35. The summed E-state index contributed by atoms with van der Waals surface area (Å²) in [6, 6.07) is 14.4. The van der Waals surface area contributed by atoms with Crippen molar-refractivity contribution in [2.45, 2.75) is 6.54 Å². The van der Waals surface area contributed by atoms with Crippen molar-refractivity contribution in [2.75, 3.05) is 0 Å². The molecule has 2 aromatic heterocycles. The van der Waals surface area contributed by atoms with E-state index < -0.39 is 0 Å². The average Bonchev–Trinajstić information content (AvgIpc) is 2.99. The minimum absolute atomic E-state index is 0.00356. The monoisotopic (exact) mass is 318 g/mol. The highest BCUT2D eigenvalue weighted by Crippen LogP contribution is 2.33. The van der Waals surface area contributed by atoms with E-state index in [1.165, 1.54) is 18.5 Å². The zero-order valence-corrected chi connectivity index (χ0v) is 12.7. The highest BCUT2D eigenvalue weighted by atomic mass is 16.3. The number of rotatable bonds is 3. The molecule has 0 radical (unpaired) electrons. The molecule has 0 saturated heterocycles. The Hall–Kier alpha value is -3.41. The molecule has 6 nitrogen and oxygen atoms in total. The van der Waals surface area contributed by atoms with Gasteiger partial charge >= 0.3 is 0 Å². The van der Waals surface area contributed by atoms with E-state index in [1.54, 1.807) is 12.4 Å². The second-order valence-corrected chi connectivity index (χ2v) is 5.45. The van der Waals surface area contributed by atoms with Gasteiger partial charge in [0.05, 0.1) is 12.9 Å². The molecule has 6 heteroatoms.